The van der Waals surface area contributed by atoms with Crippen molar-refractivity contribution in [3.63, 3.8) is 0 Å². The van der Waals surface area contributed by atoms with E-state index in [0.29, 0.717) is 17.0 Å². The lowest BCUT2D eigenvalue weighted by Gasteiger charge is -2.26. The van der Waals surface area contributed by atoms with Crippen LogP contribution in [0.1, 0.15) is 16.1 Å². The van der Waals surface area contributed by atoms with Crippen molar-refractivity contribution in [2.75, 3.05) is 18.6 Å². The first-order chi connectivity index (χ1) is 9.16. The number of likely N-dealkylation sites (N-methyl/N-ethyl adjacent to an activating group) is 1. The maximum atomic E-state index is 12.1. The van der Waals surface area contributed by atoms with Gasteiger partial charge in [-0.1, -0.05) is 0 Å². The molecule has 0 bridgehead atoms. The fourth-order valence-corrected chi connectivity index (χ4v) is 1.96. The Morgan fingerprint density at radius 2 is 2.16 bits per heavy atom. The SMILES string of the molecule is CN1C(=O)COc2ccc(C(=O)c3ccco3)cc21. The highest BCUT2D eigenvalue weighted by Gasteiger charge is 2.24. The third-order valence-corrected chi connectivity index (χ3v) is 3.05. The number of carbonyl (C=O) groups excluding carboxylic acids is 2. The zero-order valence-electron chi connectivity index (χ0n) is 10.3. The van der Waals surface area contributed by atoms with Crippen molar-refractivity contribution >= 4 is 17.4 Å². The lowest BCUT2D eigenvalue weighted by Crippen LogP contribution is -2.35. The number of rotatable bonds is 2. The van der Waals surface area contributed by atoms with Gasteiger partial charge in [-0.25, -0.2) is 0 Å². The Kier molecular flexibility index (Phi) is 2.59. The monoisotopic (exact) mass is 257 g/mol. The molecule has 0 unspecified atom stereocenters. The molecule has 5 heteroatoms. The van der Waals surface area contributed by atoms with Gasteiger partial charge in [-0.3, -0.25) is 9.59 Å². The summed E-state index contributed by atoms with van der Waals surface area (Å²) in [4.78, 5) is 25.2. The molecule has 1 aromatic carbocycles. The molecule has 2 heterocycles. The van der Waals surface area contributed by atoms with Crippen molar-refractivity contribution < 1.29 is 18.7 Å². The van der Waals surface area contributed by atoms with E-state index in [1.165, 1.54) is 11.2 Å². The van der Waals surface area contributed by atoms with E-state index in [-0.39, 0.29) is 24.1 Å². The molecule has 0 radical (unpaired) electrons. The Bertz CT molecular complexity index is 645. The van der Waals surface area contributed by atoms with E-state index >= 15 is 0 Å². The van der Waals surface area contributed by atoms with E-state index in [1.807, 2.05) is 0 Å². The van der Waals surface area contributed by atoms with Crippen LogP contribution < -0.4 is 9.64 Å². The lowest BCUT2D eigenvalue weighted by atomic mass is 10.1. The molecule has 3 rings (SSSR count). The van der Waals surface area contributed by atoms with Crippen LogP contribution in [0.15, 0.2) is 41.0 Å². The van der Waals surface area contributed by atoms with Crippen LogP contribution in [-0.2, 0) is 4.79 Å². The zero-order valence-corrected chi connectivity index (χ0v) is 10.3. The third-order valence-electron chi connectivity index (χ3n) is 3.05. The van der Waals surface area contributed by atoms with Gasteiger partial charge in [0.15, 0.2) is 12.4 Å². The molecule has 0 fully saturated rings. The van der Waals surface area contributed by atoms with E-state index in [0.717, 1.165) is 0 Å². The van der Waals surface area contributed by atoms with Crippen molar-refractivity contribution in [1.82, 2.24) is 0 Å². The summed E-state index contributed by atoms with van der Waals surface area (Å²) in [5, 5.41) is 0. The number of nitrogens with zero attached hydrogens (tertiary/aromatic N) is 1. The molecule has 5 nitrogen and oxygen atoms in total. The summed E-state index contributed by atoms with van der Waals surface area (Å²) in [6.07, 6.45) is 1.45. The van der Waals surface area contributed by atoms with Crippen LogP contribution in [-0.4, -0.2) is 25.3 Å². The van der Waals surface area contributed by atoms with Gasteiger partial charge in [0, 0.05) is 12.6 Å². The number of hydrogen-bond donors (Lipinski definition) is 0. The molecule has 1 amide bonds. The maximum Gasteiger partial charge on any atom is 0.264 e. The zero-order chi connectivity index (χ0) is 13.4. The lowest BCUT2D eigenvalue weighted by molar-refractivity contribution is -0.120. The standard InChI is InChI=1S/C14H11NO4/c1-15-10-7-9(14(17)12-3-2-6-18-12)4-5-11(10)19-8-13(15)16/h2-7H,8H2,1H3. The van der Waals surface area contributed by atoms with Crippen LogP contribution in [0.5, 0.6) is 5.75 Å². The molecule has 0 aliphatic carbocycles. The van der Waals surface area contributed by atoms with E-state index in [1.54, 1.807) is 37.4 Å². The van der Waals surface area contributed by atoms with Gasteiger partial charge in [-0.15, -0.1) is 0 Å². The fraction of sp³-hybridized carbons (Fsp3) is 0.143. The summed E-state index contributed by atoms with van der Waals surface area (Å²) in [5.41, 5.74) is 1.05. The van der Waals surface area contributed by atoms with E-state index in [9.17, 15) is 9.59 Å². The van der Waals surface area contributed by atoms with Crippen LogP contribution in [0.25, 0.3) is 0 Å². The van der Waals surface area contributed by atoms with E-state index in [2.05, 4.69) is 0 Å². The van der Waals surface area contributed by atoms with Gasteiger partial charge in [0.1, 0.15) is 5.75 Å². The van der Waals surface area contributed by atoms with Crippen LogP contribution in [0.2, 0.25) is 0 Å². The molecule has 0 spiro atoms. The third kappa shape index (κ3) is 1.89. The summed E-state index contributed by atoms with van der Waals surface area (Å²) in [5.74, 6) is 0.498. The Labute approximate surface area is 109 Å². The highest BCUT2D eigenvalue weighted by atomic mass is 16.5. The first-order valence-electron chi connectivity index (χ1n) is 5.78. The molecule has 1 aliphatic rings. The molecule has 96 valence electrons. The number of furan rings is 1. The molecule has 0 atom stereocenters. The normalized spacial score (nSPS) is 13.9. The topological polar surface area (TPSA) is 59.8 Å². The second-order valence-electron chi connectivity index (χ2n) is 4.23. The van der Waals surface area contributed by atoms with Crippen LogP contribution >= 0.6 is 0 Å². The molecule has 0 saturated heterocycles. The number of hydrogen-bond acceptors (Lipinski definition) is 4. The Balaban J connectivity index is 2.01. The minimum atomic E-state index is -0.223. The van der Waals surface area contributed by atoms with Gasteiger partial charge in [0.2, 0.25) is 5.78 Å². The predicted molar refractivity (Wildman–Crippen MR) is 67.5 cm³/mol. The van der Waals surface area contributed by atoms with Crippen LogP contribution in [0, 0.1) is 0 Å². The van der Waals surface area contributed by atoms with Crippen molar-refractivity contribution in [1.29, 1.82) is 0 Å². The van der Waals surface area contributed by atoms with Crippen molar-refractivity contribution in [2.24, 2.45) is 0 Å². The number of benzene rings is 1. The Morgan fingerprint density at radius 3 is 2.89 bits per heavy atom. The number of amides is 1. The first kappa shape index (κ1) is 11.5. The molecule has 0 saturated carbocycles. The quantitative estimate of drug-likeness (QED) is 0.770. The molecule has 1 aliphatic heterocycles. The number of ether oxygens (including phenoxy) is 1. The number of carbonyl (C=O) groups is 2. The Hall–Kier alpha value is -2.56. The van der Waals surface area contributed by atoms with Crippen LogP contribution in [0.3, 0.4) is 0 Å². The second-order valence-corrected chi connectivity index (χ2v) is 4.23. The summed E-state index contributed by atoms with van der Waals surface area (Å²) >= 11 is 0. The highest BCUT2D eigenvalue weighted by molar-refractivity contribution is 6.08. The molecular weight excluding hydrogens is 246 g/mol. The van der Waals surface area contributed by atoms with E-state index in [4.69, 9.17) is 9.15 Å². The molecule has 1 aromatic heterocycles. The molecule has 0 N–H and O–H groups in total. The fourth-order valence-electron chi connectivity index (χ4n) is 1.96. The summed E-state index contributed by atoms with van der Waals surface area (Å²) in [7, 11) is 1.66. The van der Waals surface area contributed by atoms with Gasteiger partial charge in [0.05, 0.1) is 12.0 Å². The summed E-state index contributed by atoms with van der Waals surface area (Å²) < 4.78 is 10.4. The van der Waals surface area contributed by atoms with Gasteiger partial charge in [-0.05, 0) is 30.3 Å². The molecule has 19 heavy (non-hydrogen) atoms. The molecular formula is C14H11NO4. The van der Waals surface area contributed by atoms with Gasteiger partial charge in [-0.2, -0.15) is 0 Å². The number of fused-ring (bicyclic) bond motifs is 1. The summed E-state index contributed by atoms with van der Waals surface area (Å²) in [6, 6.07) is 8.25. The average molecular weight is 257 g/mol. The number of anilines is 1. The maximum absolute atomic E-state index is 12.1. The van der Waals surface area contributed by atoms with Crippen molar-refractivity contribution in [3.05, 3.63) is 47.9 Å². The smallest absolute Gasteiger partial charge is 0.264 e. The van der Waals surface area contributed by atoms with Gasteiger partial charge < -0.3 is 14.1 Å². The van der Waals surface area contributed by atoms with Gasteiger partial charge >= 0.3 is 0 Å². The van der Waals surface area contributed by atoms with Gasteiger partial charge in [0.25, 0.3) is 5.91 Å². The minimum absolute atomic E-state index is 0.0228. The van der Waals surface area contributed by atoms with E-state index < -0.39 is 0 Å². The summed E-state index contributed by atoms with van der Waals surface area (Å²) in [6.45, 7) is 0.0228. The van der Waals surface area contributed by atoms with Crippen LogP contribution in [0.4, 0.5) is 5.69 Å². The minimum Gasteiger partial charge on any atom is -0.482 e. The Morgan fingerprint density at radius 1 is 1.32 bits per heavy atom. The average Bonchev–Trinajstić information content (AvgIpc) is 2.96. The molecule has 2 aromatic rings. The van der Waals surface area contributed by atoms with Crippen molar-refractivity contribution in [2.45, 2.75) is 0 Å². The first-order valence-corrected chi connectivity index (χ1v) is 5.78. The number of ketones is 1. The predicted octanol–water partition coefficient (Wildman–Crippen LogP) is 1.87. The second kappa shape index (κ2) is 4.28. The largest absolute Gasteiger partial charge is 0.482 e. The van der Waals surface area contributed by atoms with Crippen molar-refractivity contribution in [3.8, 4) is 5.75 Å². The highest BCUT2D eigenvalue weighted by Crippen LogP contribution is 2.32.